The van der Waals surface area contributed by atoms with E-state index >= 15 is 0 Å². The van der Waals surface area contributed by atoms with Crippen LogP contribution >= 0.6 is 0 Å². The van der Waals surface area contributed by atoms with Gasteiger partial charge in [0.2, 0.25) is 5.91 Å². The first kappa shape index (κ1) is 27.1. The van der Waals surface area contributed by atoms with Crippen molar-refractivity contribution in [2.45, 2.75) is 39.0 Å². The van der Waals surface area contributed by atoms with E-state index in [0.717, 1.165) is 0 Å². The maximum Gasteiger partial charge on any atom is 0.306 e. The lowest BCUT2D eigenvalue weighted by Crippen LogP contribution is -2.17. The molecule has 0 unspecified atom stereocenters. The van der Waals surface area contributed by atoms with E-state index in [4.69, 9.17) is 9.47 Å². The van der Waals surface area contributed by atoms with E-state index in [9.17, 15) is 24.5 Å². The van der Waals surface area contributed by atoms with E-state index in [1.54, 1.807) is 24.3 Å². The van der Waals surface area contributed by atoms with Crippen LogP contribution in [-0.4, -0.2) is 29.2 Å². The summed E-state index contributed by atoms with van der Waals surface area (Å²) in [4.78, 5) is 46.3. The Morgan fingerprint density at radius 3 is 1.95 bits per heavy atom. The Balaban J connectivity index is 1.40. The Morgan fingerprint density at radius 1 is 0.838 bits per heavy atom. The van der Waals surface area contributed by atoms with E-state index < -0.39 is 23.3 Å². The minimum Gasteiger partial charge on any atom is -0.457 e. The Kier molecular flexibility index (Phi) is 8.73. The summed E-state index contributed by atoms with van der Waals surface area (Å²) in [6.45, 7) is 5.91. The molecule has 0 saturated carbocycles. The van der Waals surface area contributed by atoms with Gasteiger partial charge in [0.05, 0.1) is 11.3 Å². The number of esters is 1. The van der Waals surface area contributed by atoms with E-state index in [1.165, 1.54) is 29.8 Å². The SMILES string of the molecule is CC(C)(C)c1ccc(Oc2ccc(NC(=O)CCC(=O)OCC(=O)c3ccc([N+](=O)[O-])cc3)cc2)cc1. The molecule has 192 valence electrons. The zero-order valence-electron chi connectivity index (χ0n) is 20.9. The summed E-state index contributed by atoms with van der Waals surface area (Å²) < 4.78 is 10.8. The molecule has 0 aliphatic heterocycles. The number of anilines is 1. The number of ether oxygens (including phenoxy) is 2. The van der Waals surface area contributed by atoms with Crippen molar-refractivity contribution in [1.82, 2.24) is 0 Å². The van der Waals surface area contributed by atoms with Crippen molar-refractivity contribution in [1.29, 1.82) is 0 Å². The number of ketones is 1. The molecule has 9 heteroatoms. The molecule has 0 fully saturated rings. The number of nitrogens with zero attached hydrogens (tertiary/aromatic N) is 1. The molecule has 0 atom stereocenters. The summed E-state index contributed by atoms with van der Waals surface area (Å²) in [5, 5.41) is 13.4. The number of benzene rings is 3. The summed E-state index contributed by atoms with van der Waals surface area (Å²) in [6, 6.07) is 19.7. The number of hydrogen-bond acceptors (Lipinski definition) is 7. The van der Waals surface area contributed by atoms with Crippen LogP contribution in [0.4, 0.5) is 11.4 Å². The summed E-state index contributed by atoms with van der Waals surface area (Å²) in [6.07, 6.45) is -0.325. The fraction of sp³-hybridized carbons (Fsp3) is 0.250. The van der Waals surface area contributed by atoms with Gasteiger partial charge in [-0.3, -0.25) is 24.5 Å². The average molecular weight is 505 g/mol. The number of nitrogens with one attached hydrogen (secondary N) is 1. The van der Waals surface area contributed by atoms with Gasteiger partial charge >= 0.3 is 5.97 Å². The van der Waals surface area contributed by atoms with Crippen molar-refractivity contribution in [3.05, 3.63) is 94.0 Å². The maximum atomic E-state index is 12.2. The van der Waals surface area contributed by atoms with Crippen LogP contribution in [-0.2, 0) is 19.7 Å². The van der Waals surface area contributed by atoms with Crippen LogP contribution in [0, 0.1) is 10.1 Å². The highest BCUT2D eigenvalue weighted by Crippen LogP contribution is 2.27. The predicted octanol–water partition coefficient (Wildman–Crippen LogP) is 5.83. The lowest BCUT2D eigenvalue weighted by molar-refractivity contribution is -0.384. The smallest absolute Gasteiger partial charge is 0.306 e. The van der Waals surface area contributed by atoms with Gasteiger partial charge in [0, 0.05) is 29.8 Å². The van der Waals surface area contributed by atoms with Gasteiger partial charge in [0.1, 0.15) is 11.5 Å². The monoisotopic (exact) mass is 504 g/mol. The van der Waals surface area contributed by atoms with Gasteiger partial charge in [-0.2, -0.15) is 0 Å². The van der Waals surface area contributed by atoms with E-state index in [0.29, 0.717) is 17.2 Å². The van der Waals surface area contributed by atoms with Crippen molar-refractivity contribution in [3.63, 3.8) is 0 Å². The third kappa shape index (κ3) is 8.28. The molecule has 0 radical (unpaired) electrons. The van der Waals surface area contributed by atoms with Crippen molar-refractivity contribution < 1.29 is 28.8 Å². The number of nitro groups is 1. The third-order valence-electron chi connectivity index (χ3n) is 5.41. The largest absolute Gasteiger partial charge is 0.457 e. The number of amides is 1. The Labute approximate surface area is 214 Å². The molecule has 0 saturated heterocycles. The molecule has 0 aromatic heterocycles. The molecule has 0 bridgehead atoms. The van der Waals surface area contributed by atoms with Crippen molar-refractivity contribution >= 4 is 29.0 Å². The van der Waals surface area contributed by atoms with Crippen molar-refractivity contribution in [3.8, 4) is 11.5 Å². The maximum absolute atomic E-state index is 12.2. The number of rotatable bonds is 10. The van der Waals surface area contributed by atoms with Gasteiger partial charge in [-0.25, -0.2) is 0 Å². The lowest BCUT2D eigenvalue weighted by Gasteiger charge is -2.19. The second-order valence-electron chi connectivity index (χ2n) is 9.34. The summed E-state index contributed by atoms with van der Waals surface area (Å²) in [5.41, 5.74) is 1.85. The Morgan fingerprint density at radius 2 is 1.41 bits per heavy atom. The van der Waals surface area contributed by atoms with Gasteiger partial charge in [-0.05, 0) is 59.5 Å². The molecule has 1 amide bonds. The highest BCUT2D eigenvalue weighted by molar-refractivity contribution is 5.98. The Hall–Kier alpha value is -4.53. The second kappa shape index (κ2) is 11.9. The Bertz CT molecular complexity index is 1260. The molecule has 0 aliphatic rings. The number of Topliss-reactive ketones (excluding diaryl/α,β-unsaturated/α-hetero) is 1. The van der Waals surface area contributed by atoms with Crippen molar-refractivity contribution in [2.75, 3.05) is 11.9 Å². The zero-order chi connectivity index (χ0) is 27.0. The quantitative estimate of drug-likeness (QED) is 0.159. The summed E-state index contributed by atoms with van der Waals surface area (Å²) >= 11 is 0. The molecule has 37 heavy (non-hydrogen) atoms. The van der Waals surface area contributed by atoms with E-state index in [2.05, 4.69) is 26.1 Å². The van der Waals surface area contributed by atoms with E-state index in [-0.39, 0.29) is 35.4 Å². The zero-order valence-corrected chi connectivity index (χ0v) is 20.9. The molecule has 0 spiro atoms. The van der Waals surface area contributed by atoms with Crippen LogP contribution in [0.15, 0.2) is 72.8 Å². The molecule has 0 aliphatic carbocycles. The molecule has 3 aromatic carbocycles. The molecule has 3 rings (SSSR count). The number of carbonyl (C=O) groups excluding carboxylic acids is 3. The minimum absolute atomic E-state index is 0.0574. The average Bonchev–Trinajstić information content (AvgIpc) is 2.87. The first-order chi connectivity index (χ1) is 17.5. The van der Waals surface area contributed by atoms with Crippen LogP contribution < -0.4 is 10.1 Å². The standard InChI is InChI=1S/C28H28N2O7/c1-28(2,3)20-6-12-23(13-7-20)37-24-14-8-21(9-15-24)29-26(32)16-17-27(33)36-18-25(31)19-4-10-22(11-5-19)30(34)35/h4-15H,16-18H2,1-3H3,(H,29,32). The first-order valence-corrected chi connectivity index (χ1v) is 11.6. The highest BCUT2D eigenvalue weighted by Gasteiger charge is 2.15. The topological polar surface area (TPSA) is 125 Å². The second-order valence-corrected chi connectivity index (χ2v) is 9.34. The number of carbonyl (C=O) groups is 3. The number of hydrogen-bond donors (Lipinski definition) is 1. The van der Waals surface area contributed by atoms with Gasteiger partial charge in [-0.15, -0.1) is 0 Å². The van der Waals surface area contributed by atoms with Crippen molar-refractivity contribution in [2.24, 2.45) is 0 Å². The number of non-ortho nitro benzene ring substituents is 1. The van der Waals surface area contributed by atoms with Gasteiger partial charge in [0.15, 0.2) is 12.4 Å². The third-order valence-corrected chi connectivity index (χ3v) is 5.41. The first-order valence-electron chi connectivity index (χ1n) is 11.6. The lowest BCUT2D eigenvalue weighted by atomic mass is 9.87. The summed E-state index contributed by atoms with van der Waals surface area (Å²) in [7, 11) is 0. The normalized spacial score (nSPS) is 10.9. The van der Waals surface area contributed by atoms with Crippen LogP contribution in [0.1, 0.15) is 49.5 Å². The number of nitro benzene ring substituents is 1. The summed E-state index contributed by atoms with van der Waals surface area (Å²) in [5.74, 6) is -0.269. The molecule has 1 N–H and O–H groups in total. The predicted molar refractivity (Wildman–Crippen MR) is 138 cm³/mol. The molecular weight excluding hydrogens is 476 g/mol. The molecular formula is C28H28N2O7. The van der Waals surface area contributed by atoms with Crippen LogP contribution in [0.25, 0.3) is 0 Å². The molecule has 3 aromatic rings. The van der Waals surface area contributed by atoms with Gasteiger partial charge < -0.3 is 14.8 Å². The van der Waals surface area contributed by atoms with Gasteiger partial charge in [-0.1, -0.05) is 32.9 Å². The highest BCUT2D eigenvalue weighted by atomic mass is 16.6. The fourth-order valence-corrected chi connectivity index (χ4v) is 3.28. The van der Waals surface area contributed by atoms with Crippen LogP contribution in [0.3, 0.4) is 0 Å². The minimum atomic E-state index is -0.702. The van der Waals surface area contributed by atoms with Gasteiger partial charge in [0.25, 0.3) is 5.69 Å². The fourth-order valence-electron chi connectivity index (χ4n) is 3.28. The van der Waals surface area contributed by atoms with Crippen LogP contribution in [0.5, 0.6) is 11.5 Å². The molecule has 9 nitrogen and oxygen atoms in total. The molecule has 0 heterocycles. The van der Waals surface area contributed by atoms with E-state index in [1.807, 2.05) is 24.3 Å². The van der Waals surface area contributed by atoms with Crippen LogP contribution in [0.2, 0.25) is 0 Å².